The van der Waals surface area contributed by atoms with Crippen molar-refractivity contribution in [1.82, 2.24) is 0 Å². The van der Waals surface area contributed by atoms with Crippen molar-refractivity contribution in [3.8, 4) is 22.3 Å². The monoisotopic (exact) mass is 413 g/mol. The third-order valence-corrected chi connectivity index (χ3v) is 4.97. The maximum atomic E-state index is 3.60. The van der Waals surface area contributed by atoms with Gasteiger partial charge >= 0.3 is 0 Å². The second-order valence-corrected chi connectivity index (χ2v) is 7.39. The molecule has 0 aliphatic carbocycles. The maximum absolute atomic E-state index is 3.60. The standard InChI is InChI=1S/C19H13Br2N/c1-11-2-5-14-15(8-11)17-10-13(21)4-7-19(17)22-18-6-3-12(20)9-16(14)18/h2-10,22H,1H3. The van der Waals surface area contributed by atoms with Crippen LogP contribution in [0.3, 0.4) is 0 Å². The molecular weight excluding hydrogens is 402 g/mol. The average Bonchev–Trinajstić information content (AvgIpc) is 2.62. The van der Waals surface area contributed by atoms with Gasteiger partial charge in [0.2, 0.25) is 0 Å². The molecule has 1 aliphatic heterocycles. The second kappa shape index (κ2) is 5.25. The van der Waals surface area contributed by atoms with Crippen LogP contribution in [0.1, 0.15) is 5.56 Å². The maximum Gasteiger partial charge on any atom is 0.0465 e. The first kappa shape index (κ1) is 14.0. The molecule has 0 atom stereocenters. The predicted molar refractivity (Wildman–Crippen MR) is 101 cm³/mol. The Morgan fingerprint density at radius 2 is 1.23 bits per heavy atom. The molecule has 3 heteroatoms. The SMILES string of the molecule is Cc1ccc2c(c1)-c1cc(Br)ccc1Nc1ccc(Br)cc1-2. The van der Waals surface area contributed by atoms with Crippen LogP contribution < -0.4 is 5.32 Å². The lowest BCUT2D eigenvalue weighted by Gasteiger charge is -2.11. The molecule has 0 saturated carbocycles. The molecule has 0 unspecified atom stereocenters. The van der Waals surface area contributed by atoms with Crippen molar-refractivity contribution in [3.05, 3.63) is 69.1 Å². The van der Waals surface area contributed by atoms with Gasteiger partial charge < -0.3 is 5.32 Å². The quantitative estimate of drug-likeness (QED) is 0.329. The summed E-state index contributed by atoms with van der Waals surface area (Å²) in [6.45, 7) is 2.14. The Bertz CT molecular complexity index is 900. The van der Waals surface area contributed by atoms with E-state index >= 15 is 0 Å². The van der Waals surface area contributed by atoms with Gasteiger partial charge in [0.25, 0.3) is 0 Å². The number of hydrogen-bond donors (Lipinski definition) is 1. The van der Waals surface area contributed by atoms with Crippen molar-refractivity contribution in [2.24, 2.45) is 0 Å². The molecule has 3 aromatic rings. The summed E-state index contributed by atoms with van der Waals surface area (Å²) in [5, 5.41) is 3.58. The number of halogens is 2. The highest BCUT2D eigenvalue weighted by Gasteiger charge is 2.19. The van der Waals surface area contributed by atoms with Gasteiger partial charge in [-0.15, -0.1) is 0 Å². The zero-order valence-corrected chi connectivity index (χ0v) is 15.1. The second-order valence-electron chi connectivity index (χ2n) is 5.55. The Morgan fingerprint density at radius 1 is 0.636 bits per heavy atom. The van der Waals surface area contributed by atoms with Crippen LogP contribution in [-0.4, -0.2) is 0 Å². The summed E-state index contributed by atoms with van der Waals surface area (Å²) in [7, 11) is 0. The Kier molecular flexibility index (Phi) is 3.35. The largest absolute Gasteiger partial charge is 0.355 e. The minimum absolute atomic E-state index is 1.09. The molecule has 0 amide bonds. The van der Waals surface area contributed by atoms with Crippen LogP contribution in [0.25, 0.3) is 22.3 Å². The van der Waals surface area contributed by atoms with E-state index in [0.717, 1.165) is 20.3 Å². The highest BCUT2D eigenvalue weighted by atomic mass is 79.9. The van der Waals surface area contributed by atoms with Gasteiger partial charge in [-0.1, -0.05) is 55.6 Å². The van der Waals surface area contributed by atoms with Gasteiger partial charge in [0.1, 0.15) is 0 Å². The predicted octanol–water partition coefficient (Wildman–Crippen LogP) is 6.91. The molecule has 22 heavy (non-hydrogen) atoms. The fourth-order valence-electron chi connectivity index (χ4n) is 2.96. The summed E-state index contributed by atoms with van der Waals surface area (Å²) in [6, 6.07) is 19.4. The zero-order valence-electron chi connectivity index (χ0n) is 12.0. The fraction of sp³-hybridized carbons (Fsp3) is 0.0526. The van der Waals surface area contributed by atoms with E-state index in [-0.39, 0.29) is 0 Å². The van der Waals surface area contributed by atoms with Gasteiger partial charge in [-0.25, -0.2) is 0 Å². The zero-order chi connectivity index (χ0) is 15.3. The summed E-state index contributed by atoms with van der Waals surface area (Å²) < 4.78 is 2.18. The summed E-state index contributed by atoms with van der Waals surface area (Å²) in [6.07, 6.45) is 0. The third-order valence-electron chi connectivity index (χ3n) is 3.99. The van der Waals surface area contributed by atoms with Crippen molar-refractivity contribution in [2.75, 3.05) is 5.32 Å². The Balaban J connectivity index is 2.12. The molecule has 0 bridgehead atoms. The topological polar surface area (TPSA) is 12.0 Å². The van der Waals surface area contributed by atoms with Crippen LogP contribution in [0.15, 0.2) is 63.5 Å². The Hall–Kier alpha value is -1.58. The number of anilines is 2. The highest BCUT2D eigenvalue weighted by molar-refractivity contribution is 9.10. The van der Waals surface area contributed by atoms with E-state index in [1.54, 1.807) is 0 Å². The van der Waals surface area contributed by atoms with Crippen LogP contribution in [-0.2, 0) is 0 Å². The van der Waals surface area contributed by atoms with E-state index in [9.17, 15) is 0 Å². The molecule has 0 spiro atoms. The summed E-state index contributed by atoms with van der Waals surface area (Å²) >= 11 is 7.19. The van der Waals surface area contributed by atoms with Crippen LogP contribution in [0.4, 0.5) is 11.4 Å². The summed E-state index contributed by atoms with van der Waals surface area (Å²) in [4.78, 5) is 0. The Labute approximate surface area is 146 Å². The number of hydrogen-bond acceptors (Lipinski definition) is 1. The van der Waals surface area contributed by atoms with Crippen molar-refractivity contribution < 1.29 is 0 Å². The molecule has 0 fully saturated rings. The molecule has 108 valence electrons. The van der Waals surface area contributed by atoms with Crippen LogP contribution in [0.2, 0.25) is 0 Å². The van der Waals surface area contributed by atoms with Gasteiger partial charge in [-0.05, 0) is 54.4 Å². The van der Waals surface area contributed by atoms with Gasteiger partial charge in [0.05, 0.1) is 0 Å². The first-order valence-electron chi connectivity index (χ1n) is 7.09. The Morgan fingerprint density at radius 3 is 1.86 bits per heavy atom. The molecule has 0 saturated heterocycles. The van der Waals surface area contributed by atoms with E-state index in [0.29, 0.717) is 0 Å². The molecule has 1 nitrogen and oxygen atoms in total. The summed E-state index contributed by atoms with van der Waals surface area (Å²) in [5.41, 5.74) is 8.50. The minimum Gasteiger partial charge on any atom is -0.355 e. The van der Waals surface area contributed by atoms with Crippen molar-refractivity contribution in [1.29, 1.82) is 0 Å². The van der Waals surface area contributed by atoms with Crippen molar-refractivity contribution in [2.45, 2.75) is 6.92 Å². The smallest absolute Gasteiger partial charge is 0.0465 e. The van der Waals surface area contributed by atoms with Crippen molar-refractivity contribution >= 4 is 43.2 Å². The molecule has 3 aromatic carbocycles. The molecule has 4 rings (SSSR count). The van der Waals surface area contributed by atoms with E-state index in [4.69, 9.17) is 0 Å². The average molecular weight is 415 g/mol. The number of nitrogens with one attached hydrogen (secondary N) is 1. The van der Waals surface area contributed by atoms with Gasteiger partial charge in [-0.2, -0.15) is 0 Å². The van der Waals surface area contributed by atoms with Crippen LogP contribution in [0, 0.1) is 6.92 Å². The lowest BCUT2D eigenvalue weighted by Crippen LogP contribution is -1.91. The molecule has 0 aromatic heterocycles. The number of benzene rings is 3. The lowest BCUT2D eigenvalue weighted by atomic mass is 9.93. The number of aryl methyl sites for hydroxylation is 1. The fourth-order valence-corrected chi connectivity index (χ4v) is 3.68. The van der Waals surface area contributed by atoms with Crippen LogP contribution >= 0.6 is 31.9 Å². The van der Waals surface area contributed by atoms with E-state index < -0.39 is 0 Å². The summed E-state index contributed by atoms with van der Waals surface area (Å²) in [5.74, 6) is 0. The van der Waals surface area contributed by atoms with E-state index in [1.165, 1.54) is 27.8 Å². The lowest BCUT2D eigenvalue weighted by molar-refractivity contribution is 1.47. The molecule has 1 N–H and O–H groups in total. The van der Waals surface area contributed by atoms with Gasteiger partial charge in [-0.3, -0.25) is 0 Å². The normalized spacial score (nSPS) is 11.8. The number of fused-ring (bicyclic) bond motifs is 5. The highest BCUT2D eigenvalue weighted by Crippen LogP contribution is 2.45. The number of rotatable bonds is 0. The van der Waals surface area contributed by atoms with Crippen molar-refractivity contribution in [3.63, 3.8) is 0 Å². The van der Waals surface area contributed by atoms with E-state index in [2.05, 4.69) is 98.7 Å². The van der Waals surface area contributed by atoms with Gasteiger partial charge in [0, 0.05) is 31.4 Å². The molecular formula is C19H13Br2N. The first-order chi connectivity index (χ1) is 10.6. The van der Waals surface area contributed by atoms with Crippen LogP contribution in [0.5, 0.6) is 0 Å². The first-order valence-corrected chi connectivity index (χ1v) is 8.68. The molecule has 0 radical (unpaired) electrons. The molecule has 1 heterocycles. The van der Waals surface area contributed by atoms with Gasteiger partial charge in [0.15, 0.2) is 0 Å². The third kappa shape index (κ3) is 2.29. The van der Waals surface area contributed by atoms with E-state index in [1.807, 2.05) is 0 Å². The molecule has 1 aliphatic rings. The minimum atomic E-state index is 1.09.